The second kappa shape index (κ2) is 45.2. The van der Waals surface area contributed by atoms with Crippen LogP contribution in [0.25, 0.3) is 22.3 Å². The predicted octanol–water partition coefficient (Wildman–Crippen LogP) is 23.3. The molecule has 22 nitrogen and oxygen atoms in total. The summed E-state index contributed by atoms with van der Waals surface area (Å²) in [5, 5.41) is 0.952. The van der Waals surface area contributed by atoms with Crippen molar-refractivity contribution < 1.29 is 82.7 Å². The van der Waals surface area contributed by atoms with Crippen LogP contribution in [0.1, 0.15) is 155 Å². The van der Waals surface area contributed by atoms with Gasteiger partial charge in [-0.3, -0.25) is 24.0 Å². The molecular formula is C100H112B3Br4F6N5O17. The zero-order chi connectivity index (χ0) is 96.4. The number of hydrogen-bond donors (Lipinski definition) is 2. The molecule has 0 bridgehead atoms. The van der Waals surface area contributed by atoms with Crippen LogP contribution >= 0.6 is 63.7 Å². The number of nitrogens with zero attached hydrogens (tertiary/aromatic N) is 3. The van der Waals surface area contributed by atoms with E-state index >= 15 is 0 Å². The molecule has 3 fully saturated rings. The van der Waals surface area contributed by atoms with Crippen LogP contribution < -0.4 is 61.7 Å². The largest absolute Gasteiger partial charge is 0.586 e. The number of hydrogen-bond acceptors (Lipinski definition) is 17. The van der Waals surface area contributed by atoms with Crippen molar-refractivity contribution in [3.63, 3.8) is 0 Å². The van der Waals surface area contributed by atoms with Crippen LogP contribution in [0.2, 0.25) is 0 Å². The van der Waals surface area contributed by atoms with E-state index in [2.05, 4.69) is 114 Å². The van der Waals surface area contributed by atoms with Crippen LogP contribution in [0.15, 0.2) is 275 Å². The molecule has 18 rings (SSSR count). The molecule has 0 amide bonds. The van der Waals surface area contributed by atoms with E-state index in [9.17, 15) is 50.3 Å². The van der Waals surface area contributed by atoms with Gasteiger partial charge in [-0.15, -0.1) is 26.3 Å². The van der Waals surface area contributed by atoms with Gasteiger partial charge in [-0.05, 0) is 240 Å². The number of aryl methyl sites for hydroxylation is 5. The van der Waals surface area contributed by atoms with Crippen LogP contribution in [-0.4, -0.2) is 97.3 Å². The first-order chi connectivity index (χ1) is 61.8. The SMILES string of the molecule is BrCc1ccccc1.C.C.C.CC1(C)OB(B2OC(C)(C)C(C)(C)O2)OC1(C)C.Cc1cc(=O)[nH]cc1-c1cccc2c1OC(F)(F)O2.Cc1cc(=O)[nH]cc1Br.Cc1cc(=O)n(Cc2ccccc2)cc1-c1cccc2c1OC(F)(F)O2.Cc1cc(=O)n(Cc2ccccc2)cc1B1OC(C)(C)C(C)(C)O1.Cc1cc(=O)n(Cc2ccccc2)cc1Br.FC1(F)Oc2cccc(Br)c2O1. The summed E-state index contributed by atoms with van der Waals surface area (Å²) in [7, 11) is -1.41. The Hall–Kier alpha value is -10.5. The lowest BCUT2D eigenvalue weighted by Crippen LogP contribution is -2.41. The van der Waals surface area contributed by atoms with Crippen molar-refractivity contribution in [1.82, 2.24) is 23.7 Å². The number of aromatic amines is 2. The van der Waals surface area contributed by atoms with Gasteiger partial charge in [-0.2, -0.15) is 0 Å². The van der Waals surface area contributed by atoms with Crippen LogP contribution in [0.4, 0.5) is 26.3 Å². The zero-order valence-electron chi connectivity index (χ0n) is 75.6. The molecule has 0 aliphatic carbocycles. The highest BCUT2D eigenvalue weighted by molar-refractivity contribution is 9.11. The van der Waals surface area contributed by atoms with E-state index in [-0.39, 0.29) is 107 Å². The Bertz CT molecular complexity index is 6300. The second-order valence-electron chi connectivity index (χ2n) is 34.5. The molecule has 6 aliphatic heterocycles. The summed E-state index contributed by atoms with van der Waals surface area (Å²) in [6.45, 7) is 35.1. The Kier molecular flexibility index (Phi) is 36.8. The van der Waals surface area contributed by atoms with Crippen LogP contribution in [-0.2, 0) is 52.9 Å². The molecule has 11 heterocycles. The number of nitrogens with one attached hydrogen (secondary N) is 2. The average Bonchev–Trinajstić information content (AvgIpc) is 1.58. The molecule has 0 saturated carbocycles. The molecule has 3 saturated heterocycles. The van der Waals surface area contributed by atoms with Crippen molar-refractivity contribution >= 4 is 90.3 Å². The maximum atomic E-state index is 13.5. The van der Waals surface area contributed by atoms with E-state index in [0.29, 0.717) is 57.5 Å². The molecule has 0 unspecified atom stereocenters. The van der Waals surface area contributed by atoms with Crippen LogP contribution in [0.3, 0.4) is 0 Å². The lowest BCUT2D eigenvalue weighted by atomic mass is 9.49. The Morgan fingerprint density at radius 1 is 0.319 bits per heavy atom. The van der Waals surface area contributed by atoms with Crippen molar-refractivity contribution in [3.8, 4) is 56.8 Å². The number of aromatic nitrogens is 5. The number of alkyl halides is 7. The fourth-order valence-corrected chi connectivity index (χ4v) is 14.9. The second-order valence-corrected chi connectivity index (χ2v) is 37.6. The maximum absolute atomic E-state index is 13.5. The van der Waals surface area contributed by atoms with E-state index in [1.165, 1.54) is 42.1 Å². The van der Waals surface area contributed by atoms with Gasteiger partial charge in [0.25, 0.3) is 16.7 Å². The third-order valence-electron chi connectivity index (χ3n) is 22.8. The van der Waals surface area contributed by atoms with Crippen molar-refractivity contribution in [3.05, 3.63) is 352 Å². The minimum atomic E-state index is -3.69. The van der Waals surface area contributed by atoms with Gasteiger partial charge in [-0.25, -0.2) is 0 Å². The van der Waals surface area contributed by atoms with Gasteiger partial charge in [0.1, 0.15) is 0 Å². The minimum Gasteiger partial charge on any atom is -0.405 e. The highest BCUT2D eigenvalue weighted by atomic mass is 79.9. The zero-order valence-corrected chi connectivity index (χ0v) is 82.0. The number of H-pyrrole nitrogens is 2. The van der Waals surface area contributed by atoms with E-state index < -0.39 is 51.2 Å². The highest BCUT2D eigenvalue weighted by Gasteiger charge is 2.64. The predicted molar refractivity (Wildman–Crippen MR) is 533 cm³/mol. The van der Waals surface area contributed by atoms with E-state index in [1.807, 2.05) is 225 Å². The molecule has 2 N–H and O–H groups in total. The van der Waals surface area contributed by atoms with E-state index in [1.54, 1.807) is 94.5 Å². The molecule has 0 radical (unpaired) electrons. The van der Waals surface area contributed by atoms with Gasteiger partial charge in [-0.1, -0.05) is 190 Å². The molecule has 7 aromatic carbocycles. The standard InChI is InChI=1S/C20H15F2NO3.C19H24BNO3.C13H12BrNO.C13H9F2NO3.C12H24B2O4.C7H3BrF2O2.C7H7Br.C6H6BrNO.3CH4/c1-13-10-18(24)23(11-14-6-3-2-4-7-14)12-16(13)15-8-5-9-17-19(15)26-20(21,22)25-17;1-14-11-17(22)21(12-15-9-7-6-8-10-15)13-16(14)20-23-18(2,3)19(4,5)24-20;1-10-7-13(16)15(9-12(10)14)8-11-5-3-2-4-6-11;1-7-5-11(17)16-6-9(7)8-3-2-4-10-12(8)19-13(14,15)18-10;1-9(2)10(3,4)16-13(15-9)14-17-11(5,6)12(7,8)18-14;8-4-2-1-3-5-6(4)12-7(9,10)11-5;8-6-7-4-2-1-3-5-7;1-4-2-6(9)8-3-5(4)7;;;/h2-10,12H,11H2,1H3;6-11,13H,12H2,1-5H3;2-7,9H,8H2,1H3;2-6H,1H3,(H,16,17);1-8H3;1-3H;1-5H,6H2;2-3H,1H3,(H,8,9);3*1H4. The van der Waals surface area contributed by atoms with Crippen molar-refractivity contribution in [2.24, 2.45) is 0 Å². The fourth-order valence-electron chi connectivity index (χ4n) is 13.5. The Balaban J connectivity index is 0.000000194. The Morgan fingerprint density at radius 2 is 0.637 bits per heavy atom. The molecule has 135 heavy (non-hydrogen) atoms. The van der Waals surface area contributed by atoms with Gasteiger partial charge < -0.3 is 80.0 Å². The normalized spacial score (nSPS) is 16.6. The lowest BCUT2D eigenvalue weighted by molar-refractivity contribution is -0.287. The first kappa shape index (κ1) is 110. The summed E-state index contributed by atoms with van der Waals surface area (Å²) in [6, 6.07) is 61.4. The van der Waals surface area contributed by atoms with Gasteiger partial charge in [0, 0.05) is 103 Å². The molecule has 6 aliphatic rings. The molecule has 0 spiro atoms. The molecule has 5 aromatic heterocycles. The van der Waals surface area contributed by atoms with Crippen molar-refractivity contribution in [2.75, 3.05) is 0 Å². The quantitative estimate of drug-likeness (QED) is 0.0694. The topological polar surface area (TPSA) is 242 Å². The Morgan fingerprint density at radius 3 is 1.01 bits per heavy atom. The van der Waals surface area contributed by atoms with Gasteiger partial charge >= 0.3 is 40.0 Å². The summed E-state index contributed by atoms with van der Waals surface area (Å²) in [5.41, 5.74) is 9.02. The summed E-state index contributed by atoms with van der Waals surface area (Å²) < 4.78 is 148. The van der Waals surface area contributed by atoms with Gasteiger partial charge in [0.2, 0.25) is 11.1 Å². The summed E-state index contributed by atoms with van der Waals surface area (Å²) in [5.74, 6) is 0.00541. The third kappa shape index (κ3) is 28.2. The van der Waals surface area contributed by atoms with Crippen LogP contribution in [0, 0.1) is 34.6 Å². The van der Waals surface area contributed by atoms with E-state index in [0.717, 1.165) is 53.1 Å². The maximum Gasteiger partial charge on any atom is 0.586 e. The minimum absolute atomic E-state index is 0. The number of halogens is 10. The van der Waals surface area contributed by atoms with Gasteiger partial charge in [0.15, 0.2) is 34.5 Å². The first-order valence-corrected chi connectivity index (χ1v) is 45.3. The van der Waals surface area contributed by atoms with Crippen LogP contribution in [0.5, 0.6) is 34.5 Å². The molecule has 718 valence electrons. The number of pyridine rings is 5. The molecule has 35 heteroatoms. The number of fused-ring (bicyclic) bond motifs is 3. The highest BCUT2D eigenvalue weighted by Crippen LogP contribution is 2.51. The molecule has 12 aromatic rings. The van der Waals surface area contributed by atoms with E-state index in [4.69, 9.17) is 27.9 Å². The van der Waals surface area contributed by atoms with Crippen molar-refractivity contribution in [1.29, 1.82) is 0 Å². The number of para-hydroxylation sites is 3. The number of benzene rings is 7. The average molecular weight is 2120 g/mol. The Labute approximate surface area is 817 Å². The third-order valence-corrected chi connectivity index (χ3v) is 25.8. The number of rotatable bonds is 11. The summed E-state index contributed by atoms with van der Waals surface area (Å²) >= 11 is 13.1. The monoisotopic (exact) mass is 2120 g/mol. The smallest absolute Gasteiger partial charge is 0.405 e. The number of ether oxygens (including phenoxy) is 6. The van der Waals surface area contributed by atoms with Crippen molar-refractivity contribution in [2.45, 2.75) is 217 Å². The lowest BCUT2D eigenvalue weighted by Gasteiger charge is -2.32. The summed E-state index contributed by atoms with van der Waals surface area (Å²) in [4.78, 5) is 63.2. The van der Waals surface area contributed by atoms with Gasteiger partial charge in [0.05, 0.1) is 57.7 Å². The molecular weight excluding hydrogens is 2010 g/mol. The first-order valence-electron chi connectivity index (χ1n) is 41.8. The fraction of sp³-hybridized carbons (Fsp3) is 0.330. The summed E-state index contributed by atoms with van der Waals surface area (Å²) in [6.07, 6.45) is -2.41. The molecule has 0 atom stereocenters.